The summed E-state index contributed by atoms with van der Waals surface area (Å²) < 4.78 is 13.8. The average Bonchev–Trinajstić information content (AvgIpc) is 2.28. The van der Waals surface area contributed by atoms with Gasteiger partial charge < -0.3 is 10.2 Å². The van der Waals surface area contributed by atoms with Crippen molar-refractivity contribution in [3.63, 3.8) is 0 Å². The zero-order valence-electron chi connectivity index (χ0n) is 11.4. The minimum Gasteiger partial charge on any atom is -0.390 e. The lowest BCUT2D eigenvalue weighted by atomic mass is 9.91. The molecule has 0 saturated carbocycles. The van der Waals surface area contributed by atoms with Crippen molar-refractivity contribution in [2.24, 2.45) is 0 Å². The summed E-state index contributed by atoms with van der Waals surface area (Å²) in [7, 11) is 0. The van der Waals surface area contributed by atoms with Gasteiger partial charge in [0.2, 0.25) is 0 Å². The monoisotopic (exact) mass is 254 g/mol. The molecule has 1 aromatic carbocycles. The maximum atomic E-state index is 13.8. The van der Waals surface area contributed by atoms with E-state index in [9.17, 15) is 14.6 Å². The van der Waals surface area contributed by atoms with E-state index < -0.39 is 12.2 Å². The predicted octanol–water partition coefficient (Wildman–Crippen LogP) is 3.15. The molecule has 3 unspecified atom stereocenters. The Kier molecular flexibility index (Phi) is 5.76. The highest BCUT2D eigenvalue weighted by molar-refractivity contribution is 5.26. The van der Waals surface area contributed by atoms with Gasteiger partial charge in [0.25, 0.3) is 0 Å². The summed E-state index contributed by atoms with van der Waals surface area (Å²) in [4.78, 5) is 0. The highest BCUT2D eigenvalue weighted by Crippen LogP contribution is 2.25. The van der Waals surface area contributed by atoms with Gasteiger partial charge in [0, 0.05) is 0 Å². The number of aliphatic hydroxyl groups is 2. The molecular weight excluding hydrogens is 231 g/mol. The molecule has 0 fully saturated rings. The van der Waals surface area contributed by atoms with Crippen LogP contribution in [0.25, 0.3) is 0 Å². The van der Waals surface area contributed by atoms with E-state index in [-0.39, 0.29) is 11.7 Å². The van der Waals surface area contributed by atoms with Crippen molar-refractivity contribution in [3.05, 3.63) is 35.1 Å². The van der Waals surface area contributed by atoms with Crippen molar-refractivity contribution < 1.29 is 14.6 Å². The number of hydrogen-bond donors (Lipinski definition) is 2. The van der Waals surface area contributed by atoms with Crippen molar-refractivity contribution in [1.29, 1.82) is 0 Å². The van der Waals surface area contributed by atoms with Gasteiger partial charge >= 0.3 is 0 Å². The summed E-state index contributed by atoms with van der Waals surface area (Å²) >= 11 is 0. The van der Waals surface area contributed by atoms with Crippen LogP contribution in [0.4, 0.5) is 4.39 Å². The van der Waals surface area contributed by atoms with Gasteiger partial charge in [0.15, 0.2) is 0 Å². The largest absolute Gasteiger partial charge is 0.390 e. The van der Waals surface area contributed by atoms with Crippen molar-refractivity contribution in [1.82, 2.24) is 0 Å². The molecule has 0 aromatic heterocycles. The lowest BCUT2D eigenvalue weighted by Gasteiger charge is -2.21. The molecule has 3 atom stereocenters. The van der Waals surface area contributed by atoms with Crippen LogP contribution in [0, 0.1) is 12.7 Å². The Bertz CT molecular complexity index is 379. The van der Waals surface area contributed by atoms with Crippen LogP contribution in [0.5, 0.6) is 0 Å². The SMILES string of the molecule is CCCC(O)C(O)CC(C)c1ccc(C)cc1F. The first-order valence-corrected chi connectivity index (χ1v) is 6.57. The molecule has 0 spiro atoms. The molecule has 0 aliphatic carbocycles. The lowest BCUT2D eigenvalue weighted by molar-refractivity contribution is 0.00623. The van der Waals surface area contributed by atoms with E-state index in [0.717, 1.165) is 12.0 Å². The number of aliphatic hydroxyl groups excluding tert-OH is 2. The second-order valence-corrected chi connectivity index (χ2v) is 5.09. The average molecular weight is 254 g/mol. The highest BCUT2D eigenvalue weighted by Gasteiger charge is 2.20. The fraction of sp³-hybridized carbons (Fsp3) is 0.600. The minimum atomic E-state index is -0.791. The zero-order chi connectivity index (χ0) is 13.7. The standard InChI is InChI=1S/C15H23FO2/c1-4-5-14(17)15(18)9-11(3)12-7-6-10(2)8-13(12)16/h6-8,11,14-15,17-18H,4-5,9H2,1-3H3. The summed E-state index contributed by atoms with van der Waals surface area (Å²) in [6.07, 6.45) is 0.267. The van der Waals surface area contributed by atoms with Gasteiger partial charge in [0.05, 0.1) is 12.2 Å². The van der Waals surface area contributed by atoms with Crippen molar-refractivity contribution in [2.45, 2.75) is 58.2 Å². The van der Waals surface area contributed by atoms with Crippen LogP contribution in [0.3, 0.4) is 0 Å². The van der Waals surface area contributed by atoms with Crippen molar-refractivity contribution in [2.75, 3.05) is 0 Å². The first-order chi connectivity index (χ1) is 8.45. The summed E-state index contributed by atoms with van der Waals surface area (Å²) in [5.41, 5.74) is 1.48. The van der Waals surface area contributed by atoms with Gasteiger partial charge in [-0.05, 0) is 42.9 Å². The first-order valence-electron chi connectivity index (χ1n) is 6.57. The van der Waals surface area contributed by atoms with Crippen molar-refractivity contribution in [3.8, 4) is 0 Å². The third kappa shape index (κ3) is 4.07. The predicted molar refractivity (Wildman–Crippen MR) is 71.1 cm³/mol. The Labute approximate surface area is 108 Å². The molecule has 0 radical (unpaired) electrons. The number of aryl methyl sites for hydroxylation is 1. The second-order valence-electron chi connectivity index (χ2n) is 5.09. The number of rotatable bonds is 6. The molecule has 0 heterocycles. The third-order valence-corrected chi connectivity index (χ3v) is 3.31. The van der Waals surface area contributed by atoms with Crippen LogP contribution < -0.4 is 0 Å². The molecule has 2 N–H and O–H groups in total. The third-order valence-electron chi connectivity index (χ3n) is 3.31. The van der Waals surface area contributed by atoms with Crippen LogP contribution in [-0.2, 0) is 0 Å². The molecule has 102 valence electrons. The Morgan fingerprint density at radius 3 is 2.44 bits per heavy atom. The van der Waals surface area contributed by atoms with Gasteiger partial charge in [-0.2, -0.15) is 0 Å². The van der Waals surface area contributed by atoms with Gasteiger partial charge in [-0.15, -0.1) is 0 Å². The number of benzene rings is 1. The molecule has 2 nitrogen and oxygen atoms in total. The van der Waals surface area contributed by atoms with E-state index in [1.165, 1.54) is 6.07 Å². The summed E-state index contributed by atoms with van der Waals surface area (Å²) in [5.74, 6) is -0.341. The highest BCUT2D eigenvalue weighted by atomic mass is 19.1. The second kappa shape index (κ2) is 6.86. The van der Waals surface area contributed by atoms with E-state index in [4.69, 9.17) is 0 Å². The summed E-state index contributed by atoms with van der Waals surface area (Å²) in [5, 5.41) is 19.5. The summed E-state index contributed by atoms with van der Waals surface area (Å²) in [6, 6.07) is 5.12. The van der Waals surface area contributed by atoms with Crippen LogP contribution in [0.1, 0.15) is 50.2 Å². The minimum absolute atomic E-state index is 0.105. The molecule has 0 bridgehead atoms. The van der Waals surface area contributed by atoms with Gasteiger partial charge in [-0.1, -0.05) is 32.4 Å². The topological polar surface area (TPSA) is 40.5 Å². The fourth-order valence-electron chi connectivity index (χ4n) is 2.17. The van der Waals surface area contributed by atoms with Crippen LogP contribution in [0.15, 0.2) is 18.2 Å². The van der Waals surface area contributed by atoms with Gasteiger partial charge in [-0.25, -0.2) is 4.39 Å². The van der Waals surface area contributed by atoms with Crippen LogP contribution in [0.2, 0.25) is 0 Å². The van der Waals surface area contributed by atoms with E-state index in [1.807, 2.05) is 26.8 Å². The van der Waals surface area contributed by atoms with Gasteiger partial charge in [-0.3, -0.25) is 0 Å². The fourth-order valence-corrected chi connectivity index (χ4v) is 2.17. The van der Waals surface area contributed by atoms with E-state index in [2.05, 4.69) is 0 Å². The maximum absolute atomic E-state index is 13.8. The molecule has 1 rings (SSSR count). The molecule has 1 aromatic rings. The molecule has 18 heavy (non-hydrogen) atoms. The lowest BCUT2D eigenvalue weighted by Crippen LogP contribution is -2.27. The van der Waals surface area contributed by atoms with E-state index in [1.54, 1.807) is 6.07 Å². The van der Waals surface area contributed by atoms with E-state index >= 15 is 0 Å². The molecule has 0 saturated heterocycles. The van der Waals surface area contributed by atoms with Crippen molar-refractivity contribution >= 4 is 0 Å². The Morgan fingerprint density at radius 1 is 1.22 bits per heavy atom. The van der Waals surface area contributed by atoms with E-state index in [0.29, 0.717) is 18.4 Å². The number of halogens is 1. The molecule has 0 aliphatic heterocycles. The molecular formula is C15H23FO2. The zero-order valence-corrected chi connectivity index (χ0v) is 11.4. The Hall–Kier alpha value is -0.930. The Morgan fingerprint density at radius 2 is 1.89 bits per heavy atom. The normalized spacial score (nSPS) is 16.3. The first kappa shape index (κ1) is 15.1. The molecule has 0 aliphatic rings. The van der Waals surface area contributed by atoms with Crippen LogP contribution in [-0.4, -0.2) is 22.4 Å². The van der Waals surface area contributed by atoms with Gasteiger partial charge in [0.1, 0.15) is 5.82 Å². The quantitative estimate of drug-likeness (QED) is 0.818. The molecule has 0 amide bonds. The Balaban J connectivity index is 2.67. The van der Waals surface area contributed by atoms with Crippen LogP contribution >= 0.6 is 0 Å². The smallest absolute Gasteiger partial charge is 0.126 e. The number of hydrogen-bond acceptors (Lipinski definition) is 2. The maximum Gasteiger partial charge on any atom is 0.126 e. The molecule has 3 heteroatoms. The summed E-state index contributed by atoms with van der Waals surface area (Å²) in [6.45, 7) is 5.67.